The summed E-state index contributed by atoms with van der Waals surface area (Å²) in [5, 5.41) is 10.1. The number of fused-ring (bicyclic) bond motifs is 2. The summed E-state index contributed by atoms with van der Waals surface area (Å²) in [6.45, 7) is 2.48. The van der Waals surface area contributed by atoms with Crippen molar-refractivity contribution in [3.8, 4) is 6.07 Å². The molecule has 0 amide bonds. The van der Waals surface area contributed by atoms with Gasteiger partial charge in [0.15, 0.2) is 0 Å². The number of rotatable bonds is 1. The molecule has 2 aromatic heterocycles. The van der Waals surface area contributed by atoms with Crippen LogP contribution in [0.2, 0.25) is 0 Å². The van der Waals surface area contributed by atoms with Crippen molar-refractivity contribution < 1.29 is 0 Å². The van der Waals surface area contributed by atoms with Gasteiger partial charge >= 0.3 is 0 Å². The van der Waals surface area contributed by atoms with Crippen LogP contribution in [0, 0.1) is 22.7 Å². The summed E-state index contributed by atoms with van der Waals surface area (Å²) in [5.41, 5.74) is 9.85. The van der Waals surface area contributed by atoms with E-state index in [2.05, 4.69) is 19.1 Å². The van der Waals surface area contributed by atoms with Crippen LogP contribution in [0.5, 0.6) is 0 Å². The van der Waals surface area contributed by atoms with Crippen LogP contribution in [-0.2, 0) is 12.8 Å². The Bertz CT molecular complexity index is 778. The van der Waals surface area contributed by atoms with E-state index in [0.29, 0.717) is 16.0 Å². The molecule has 1 fully saturated rings. The van der Waals surface area contributed by atoms with Gasteiger partial charge in [-0.2, -0.15) is 5.26 Å². The first kappa shape index (κ1) is 14.0. The summed E-state index contributed by atoms with van der Waals surface area (Å²) in [6.07, 6.45) is 9.00. The van der Waals surface area contributed by atoms with Crippen LogP contribution in [0.1, 0.15) is 55.2 Å². The maximum atomic E-state index is 9.16. The summed E-state index contributed by atoms with van der Waals surface area (Å²) in [7, 11) is 0. The molecular formula is C18H21N3S. The molecule has 4 rings (SSSR count). The van der Waals surface area contributed by atoms with Crippen molar-refractivity contribution in [3.63, 3.8) is 0 Å². The highest BCUT2D eigenvalue weighted by Gasteiger charge is 2.38. The Hall–Kier alpha value is -1.60. The van der Waals surface area contributed by atoms with E-state index >= 15 is 0 Å². The molecule has 3 nitrogen and oxygen atoms in total. The highest BCUT2D eigenvalue weighted by atomic mass is 32.1. The fraction of sp³-hybridized carbons (Fsp3) is 0.556. The number of hydrogen-bond donors (Lipinski definition) is 1. The van der Waals surface area contributed by atoms with Crippen molar-refractivity contribution >= 4 is 27.2 Å². The van der Waals surface area contributed by atoms with Crippen molar-refractivity contribution in [2.45, 2.75) is 51.9 Å². The van der Waals surface area contributed by atoms with Gasteiger partial charge in [-0.1, -0.05) is 19.8 Å². The second-order valence-electron chi connectivity index (χ2n) is 7.20. The van der Waals surface area contributed by atoms with Crippen LogP contribution >= 0.6 is 11.3 Å². The van der Waals surface area contributed by atoms with E-state index in [-0.39, 0.29) is 0 Å². The topological polar surface area (TPSA) is 62.7 Å². The normalized spacial score (nSPS) is 23.4. The number of anilines is 1. The lowest BCUT2D eigenvalue weighted by molar-refractivity contribution is 0.172. The Morgan fingerprint density at radius 3 is 2.91 bits per heavy atom. The number of pyridine rings is 1. The first-order valence-electron chi connectivity index (χ1n) is 8.21. The smallest absolute Gasteiger partial charge is 0.130 e. The molecule has 1 unspecified atom stereocenters. The molecule has 1 atom stereocenters. The molecule has 2 aliphatic rings. The number of aromatic nitrogens is 1. The van der Waals surface area contributed by atoms with Crippen molar-refractivity contribution in [3.05, 3.63) is 22.2 Å². The zero-order valence-corrected chi connectivity index (χ0v) is 13.8. The average molecular weight is 311 g/mol. The van der Waals surface area contributed by atoms with E-state index in [4.69, 9.17) is 16.0 Å². The molecule has 2 heterocycles. The Balaban J connectivity index is 1.74. The van der Waals surface area contributed by atoms with Gasteiger partial charge in [0.05, 0.1) is 5.69 Å². The number of thiophene rings is 1. The molecule has 114 valence electrons. The van der Waals surface area contributed by atoms with Crippen molar-refractivity contribution in [2.75, 3.05) is 5.73 Å². The van der Waals surface area contributed by atoms with Crippen LogP contribution in [0.4, 0.5) is 5.69 Å². The largest absolute Gasteiger partial charge is 0.396 e. The van der Waals surface area contributed by atoms with E-state index in [0.717, 1.165) is 29.0 Å². The molecule has 0 radical (unpaired) electrons. The van der Waals surface area contributed by atoms with Crippen LogP contribution in [0.15, 0.2) is 6.07 Å². The van der Waals surface area contributed by atoms with Gasteiger partial charge in [0.25, 0.3) is 0 Å². The van der Waals surface area contributed by atoms with E-state index < -0.39 is 0 Å². The molecule has 2 aromatic rings. The third kappa shape index (κ3) is 2.03. The zero-order valence-electron chi connectivity index (χ0n) is 13.0. The lowest BCUT2D eigenvalue weighted by Crippen LogP contribution is -2.30. The van der Waals surface area contributed by atoms with E-state index in [9.17, 15) is 0 Å². The van der Waals surface area contributed by atoms with Crippen LogP contribution in [-0.4, -0.2) is 4.98 Å². The molecule has 22 heavy (non-hydrogen) atoms. The van der Waals surface area contributed by atoms with E-state index in [1.165, 1.54) is 54.7 Å². The zero-order chi connectivity index (χ0) is 15.3. The number of nitrogen functional groups attached to an aromatic ring is 1. The highest BCUT2D eigenvalue weighted by Crippen LogP contribution is 2.49. The second-order valence-corrected chi connectivity index (χ2v) is 8.20. The Morgan fingerprint density at radius 1 is 1.41 bits per heavy atom. The molecule has 1 saturated carbocycles. The summed E-state index contributed by atoms with van der Waals surface area (Å²) in [4.78, 5) is 6.35. The summed E-state index contributed by atoms with van der Waals surface area (Å²) in [5.74, 6) is 0.775. The second kappa shape index (κ2) is 4.96. The maximum Gasteiger partial charge on any atom is 0.130 e. The monoisotopic (exact) mass is 311 g/mol. The van der Waals surface area contributed by atoms with Crippen molar-refractivity contribution in [2.24, 2.45) is 11.3 Å². The van der Waals surface area contributed by atoms with Gasteiger partial charge in [0.1, 0.15) is 15.8 Å². The number of nitrogens with two attached hydrogens (primary N) is 1. The predicted molar refractivity (Wildman–Crippen MR) is 90.8 cm³/mol. The molecule has 0 aliphatic heterocycles. The van der Waals surface area contributed by atoms with Gasteiger partial charge in [-0.3, -0.25) is 0 Å². The minimum absolute atomic E-state index is 0.519. The predicted octanol–water partition coefficient (Wildman–Crippen LogP) is 4.44. The lowest BCUT2D eigenvalue weighted by Gasteiger charge is -2.37. The molecule has 2 aliphatic carbocycles. The molecule has 2 N–H and O–H groups in total. The van der Waals surface area contributed by atoms with E-state index in [1.54, 1.807) is 0 Å². The summed E-state index contributed by atoms with van der Waals surface area (Å²) in [6, 6.07) is 4.41. The highest BCUT2D eigenvalue weighted by molar-refractivity contribution is 7.19. The van der Waals surface area contributed by atoms with Gasteiger partial charge in [-0.25, -0.2) is 4.98 Å². The van der Waals surface area contributed by atoms with Crippen LogP contribution < -0.4 is 5.73 Å². The molecule has 0 aromatic carbocycles. The molecule has 0 bridgehead atoms. The van der Waals surface area contributed by atoms with Crippen molar-refractivity contribution in [1.82, 2.24) is 4.98 Å². The van der Waals surface area contributed by atoms with Gasteiger partial charge < -0.3 is 5.73 Å². The average Bonchev–Trinajstić information content (AvgIpc) is 3.10. The number of nitriles is 1. The first-order valence-corrected chi connectivity index (χ1v) is 9.03. The van der Waals surface area contributed by atoms with Gasteiger partial charge in [-0.15, -0.1) is 11.3 Å². The van der Waals surface area contributed by atoms with Gasteiger partial charge in [-0.05, 0) is 55.1 Å². The minimum atomic E-state index is 0.519. The van der Waals surface area contributed by atoms with Crippen molar-refractivity contribution in [1.29, 1.82) is 5.26 Å². The van der Waals surface area contributed by atoms with Crippen LogP contribution in [0.3, 0.4) is 0 Å². The lowest BCUT2D eigenvalue weighted by atomic mass is 9.68. The molecular weight excluding hydrogens is 290 g/mol. The Labute approximate surface area is 135 Å². The maximum absolute atomic E-state index is 9.16. The van der Waals surface area contributed by atoms with Crippen LogP contribution in [0.25, 0.3) is 10.2 Å². The molecule has 0 saturated heterocycles. The summed E-state index contributed by atoms with van der Waals surface area (Å²) >= 11 is 1.42. The fourth-order valence-corrected chi connectivity index (χ4v) is 5.35. The molecule has 0 spiro atoms. The third-order valence-corrected chi connectivity index (χ3v) is 6.94. The number of hydrogen-bond acceptors (Lipinski definition) is 4. The number of nitrogens with zero attached hydrogens (tertiary/aromatic N) is 2. The van der Waals surface area contributed by atoms with E-state index in [1.807, 2.05) is 0 Å². The first-order chi connectivity index (χ1) is 10.6. The third-order valence-electron chi connectivity index (χ3n) is 5.92. The minimum Gasteiger partial charge on any atom is -0.396 e. The van der Waals surface area contributed by atoms with Gasteiger partial charge in [0.2, 0.25) is 0 Å². The standard InChI is InChI=1S/C18H21N3S/c1-18(6-2-3-7-18)12-4-5-14-11(8-12)9-13-16(20)15(10-19)22-17(13)21-14/h9,12H,2-8,20H2,1H3. The fourth-order valence-electron chi connectivity index (χ4n) is 4.46. The number of aryl methyl sites for hydroxylation is 1. The quantitative estimate of drug-likeness (QED) is 0.847. The molecule has 4 heteroatoms. The SMILES string of the molecule is CC1(C2CCc3nc4sc(C#N)c(N)c4cc3C2)CCCC1. The summed E-state index contributed by atoms with van der Waals surface area (Å²) < 4.78 is 0. The Kier molecular flexibility index (Phi) is 3.16. The van der Waals surface area contributed by atoms with Gasteiger partial charge in [0, 0.05) is 11.1 Å². The Morgan fingerprint density at radius 2 is 2.18 bits per heavy atom.